The van der Waals surface area contributed by atoms with Crippen molar-refractivity contribution >= 4 is 23.2 Å². The fourth-order valence-electron chi connectivity index (χ4n) is 3.05. The second-order valence-electron chi connectivity index (χ2n) is 5.52. The average Bonchev–Trinajstić information content (AvgIpc) is 2.83. The van der Waals surface area contributed by atoms with Gasteiger partial charge in [-0.1, -0.05) is 41.4 Å². The Hall–Kier alpha value is -1.06. The van der Waals surface area contributed by atoms with E-state index in [9.17, 15) is 0 Å². The Labute approximate surface area is 135 Å². The number of fused-ring (bicyclic) bond motifs is 1. The molecular formula is C17H18Cl2N2. The highest BCUT2D eigenvalue weighted by atomic mass is 35.5. The van der Waals surface area contributed by atoms with Crippen LogP contribution in [0, 0.1) is 6.92 Å². The first kappa shape index (κ1) is 14.9. The van der Waals surface area contributed by atoms with Crippen LogP contribution in [0.5, 0.6) is 0 Å². The fourth-order valence-corrected chi connectivity index (χ4v) is 3.35. The summed E-state index contributed by atoms with van der Waals surface area (Å²) in [5.74, 6) is 0. The average molecular weight is 321 g/mol. The minimum atomic E-state index is 0.256. The smallest absolute Gasteiger partial charge is 0.0480 e. The Morgan fingerprint density at radius 3 is 2.52 bits per heavy atom. The molecule has 0 radical (unpaired) electrons. The monoisotopic (exact) mass is 320 g/mol. The van der Waals surface area contributed by atoms with Crippen molar-refractivity contribution < 1.29 is 0 Å². The first-order valence-corrected chi connectivity index (χ1v) is 7.82. The first-order valence-electron chi connectivity index (χ1n) is 7.06. The molecule has 2 nitrogen and oxygen atoms in total. The van der Waals surface area contributed by atoms with Gasteiger partial charge in [0.05, 0.1) is 0 Å². The van der Waals surface area contributed by atoms with Crippen LogP contribution in [0.25, 0.3) is 0 Å². The van der Waals surface area contributed by atoms with E-state index in [1.165, 1.54) is 22.3 Å². The van der Waals surface area contributed by atoms with Gasteiger partial charge in [-0.2, -0.15) is 0 Å². The van der Waals surface area contributed by atoms with E-state index in [0.717, 1.165) is 23.1 Å². The summed E-state index contributed by atoms with van der Waals surface area (Å²) in [7, 11) is 0. The lowest BCUT2D eigenvalue weighted by Gasteiger charge is -2.23. The van der Waals surface area contributed by atoms with Crippen molar-refractivity contribution in [2.45, 2.75) is 26.1 Å². The number of halogens is 2. The summed E-state index contributed by atoms with van der Waals surface area (Å²) in [4.78, 5) is 2.40. The lowest BCUT2D eigenvalue weighted by molar-refractivity contribution is 0.211. The van der Waals surface area contributed by atoms with Gasteiger partial charge in [0.15, 0.2) is 0 Å². The van der Waals surface area contributed by atoms with Crippen LogP contribution in [-0.4, -0.2) is 11.4 Å². The van der Waals surface area contributed by atoms with Crippen LogP contribution in [0.4, 0.5) is 0 Å². The van der Waals surface area contributed by atoms with E-state index in [1.807, 2.05) is 18.2 Å². The number of benzene rings is 2. The van der Waals surface area contributed by atoms with Crippen LogP contribution in [0.3, 0.4) is 0 Å². The van der Waals surface area contributed by atoms with E-state index in [1.54, 1.807) is 0 Å². The van der Waals surface area contributed by atoms with E-state index in [2.05, 4.69) is 30.0 Å². The zero-order valence-corrected chi connectivity index (χ0v) is 13.5. The van der Waals surface area contributed by atoms with Crippen molar-refractivity contribution in [1.82, 2.24) is 4.90 Å². The third-order valence-electron chi connectivity index (χ3n) is 4.25. The molecule has 0 fully saturated rings. The maximum Gasteiger partial charge on any atom is 0.0480 e. The van der Waals surface area contributed by atoms with Crippen molar-refractivity contribution in [2.75, 3.05) is 6.54 Å². The highest BCUT2D eigenvalue weighted by molar-refractivity contribution is 6.31. The lowest BCUT2D eigenvalue weighted by atomic mass is 10.0. The van der Waals surface area contributed by atoms with E-state index < -0.39 is 0 Å². The number of hydrogen-bond donors (Lipinski definition) is 1. The molecule has 0 saturated carbocycles. The molecule has 0 saturated heterocycles. The Morgan fingerprint density at radius 2 is 1.86 bits per heavy atom. The molecule has 0 bridgehead atoms. The van der Waals surface area contributed by atoms with Crippen LogP contribution in [0.15, 0.2) is 36.4 Å². The zero-order valence-electron chi connectivity index (χ0n) is 11.9. The molecule has 1 atom stereocenters. The van der Waals surface area contributed by atoms with E-state index in [0.29, 0.717) is 6.54 Å². The van der Waals surface area contributed by atoms with Crippen molar-refractivity contribution in [2.24, 2.45) is 5.73 Å². The fraction of sp³-hybridized carbons (Fsp3) is 0.294. The van der Waals surface area contributed by atoms with Crippen LogP contribution in [0.1, 0.15) is 28.3 Å². The second-order valence-corrected chi connectivity index (χ2v) is 6.37. The molecule has 0 spiro atoms. The summed E-state index contributed by atoms with van der Waals surface area (Å²) in [6.07, 6.45) is 0. The van der Waals surface area contributed by atoms with Crippen molar-refractivity contribution in [1.29, 1.82) is 0 Å². The zero-order chi connectivity index (χ0) is 15.0. The summed E-state index contributed by atoms with van der Waals surface area (Å²) >= 11 is 12.2. The molecule has 21 heavy (non-hydrogen) atoms. The van der Waals surface area contributed by atoms with Crippen LogP contribution >= 0.6 is 23.2 Å². The van der Waals surface area contributed by atoms with Crippen LogP contribution in [-0.2, 0) is 13.1 Å². The molecule has 1 aliphatic heterocycles. The first-order chi connectivity index (χ1) is 10.1. The number of nitrogens with zero attached hydrogens (tertiary/aromatic N) is 1. The molecule has 1 aliphatic rings. The van der Waals surface area contributed by atoms with Gasteiger partial charge < -0.3 is 5.73 Å². The van der Waals surface area contributed by atoms with Crippen LogP contribution < -0.4 is 5.73 Å². The predicted octanol–water partition coefficient (Wildman–Crippen LogP) is 4.32. The van der Waals surface area contributed by atoms with Crippen molar-refractivity contribution in [3.05, 3.63) is 68.7 Å². The molecule has 0 amide bonds. The van der Waals surface area contributed by atoms with Gasteiger partial charge in [0.2, 0.25) is 0 Å². The molecule has 2 N–H and O–H groups in total. The van der Waals surface area contributed by atoms with Crippen molar-refractivity contribution in [3.63, 3.8) is 0 Å². The molecule has 1 unspecified atom stereocenters. The predicted molar refractivity (Wildman–Crippen MR) is 88.7 cm³/mol. The standard InChI is InChI=1S/C17H18Cl2N2/c1-11-15-10-21(9-12-2-4-13(18)5-3-12)17(8-20)14(15)6-7-16(11)19/h2-7,17H,8-10,20H2,1H3. The van der Waals surface area contributed by atoms with Gasteiger partial charge in [0, 0.05) is 35.7 Å². The molecule has 2 aromatic carbocycles. The number of nitrogens with two attached hydrogens (primary N) is 1. The molecule has 1 heterocycles. The Morgan fingerprint density at radius 1 is 1.14 bits per heavy atom. The molecule has 2 aromatic rings. The van der Waals surface area contributed by atoms with E-state index in [-0.39, 0.29) is 6.04 Å². The van der Waals surface area contributed by atoms with Gasteiger partial charge in [0.25, 0.3) is 0 Å². The van der Waals surface area contributed by atoms with Crippen molar-refractivity contribution in [3.8, 4) is 0 Å². The van der Waals surface area contributed by atoms with Gasteiger partial charge in [-0.15, -0.1) is 0 Å². The summed E-state index contributed by atoms with van der Waals surface area (Å²) in [6.45, 7) is 4.46. The molecule has 110 valence electrons. The molecule has 0 aromatic heterocycles. The minimum absolute atomic E-state index is 0.256. The summed E-state index contributed by atoms with van der Waals surface area (Å²) in [5.41, 5.74) is 11.1. The Balaban J connectivity index is 1.88. The van der Waals surface area contributed by atoms with Gasteiger partial charge in [-0.05, 0) is 47.4 Å². The van der Waals surface area contributed by atoms with Gasteiger partial charge in [-0.25, -0.2) is 0 Å². The van der Waals surface area contributed by atoms with E-state index in [4.69, 9.17) is 28.9 Å². The quantitative estimate of drug-likeness (QED) is 0.912. The minimum Gasteiger partial charge on any atom is -0.329 e. The van der Waals surface area contributed by atoms with Gasteiger partial charge >= 0.3 is 0 Å². The highest BCUT2D eigenvalue weighted by Crippen LogP contribution is 2.38. The SMILES string of the molecule is Cc1c(Cl)ccc2c1CN(Cc1ccc(Cl)cc1)C2CN. The molecule has 3 rings (SSSR count). The normalized spacial score (nSPS) is 18.0. The van der Waals surface area contributed by atoms with Crippen LogP contribution in [0.2, 0.25) is 10.0 Å². The van der Waals surface area contributed by atoms with Gasteiger partial charge in [0.1, 0.15) is 0 Å². The Bertz CT molecular complexity index is 653. The third-order valence-corrected chi connectivity index (χ3v) is 4.91. The largest absolute Gasteiger partial charge is 0.329 e. The highest BCUT2D eigenvalue weighted by Gasteiger charge is 2.30. The lowest BCUT2D eigenvalue weighted by Crippen LogP contribution is -2.27. The second kappa shape index (κ2) is 5.98. The number of hydrogen-bond acceptors (Lipinski definition) is 2. The topological polar surface area (TPSA) is 29.3 Å². The summed E-state index contributed by atoms with van der Waals surface area (Å²) in [5, 5.41) is 1.60. The summed E-state index contributed by atoms with van der Waals surface area (Å²) < 4.78 is 0. The third kappa shape index (κ3) is 2.82. The summed E-state index contributed by atoms with van der Waals surface area (Å²) in [6, 6.07) is 12.3. The molecule has 4 heteroatoms. The molecular weight excluding hydrogens is 303 g/mol. The maximum absolute atomic E-state index is 6.24. The number of rotatable bonds is 3. The Kier molecular flexibility index (Phi) is 4.23. The molecule has 0 aliphatic carbocycles. The van der Waals surface area contributed by atoms with Gasteiger partial charge in [-0.3, -0.25) is 4.90 Å². The maximum atomic E-state index is 6.24. The van der Waals surface area contributed by atoms with E-state index >= 15 is 0 Å².